The van der Waals surface area contributed by atoms with Crippen molar-refractivity contribution in [1.29, 1.82) is 0 Å². The van der Waals surface area contributed by atoms with E-state index in [-0.39, 0.29) is 11.9 Å². The molecule has 0 N–H and O–H groups in total. The van der Waals surface area contributed by atoms with E-state index in [1.807, 2.05) is 61.5 Å². The summed E-state index contributed by atoms with van der Waals surface area (Å²) in [7, 11) is 0. The van der Waals surface area contributed by atoms with Gasteiger partial charge in [0.25, 0.3) is 0 Å². The van der Waals surface area contributed by atoms with E-state index in [0.717, 1.165) is 16.7 Å². The number of carbonyl (C=O) groups is 1. The van der Waals surface area contributed by atoms with Crippen LogP contribution >= 0.6 is 0 Å². The van der Waals surface area contributed by atoms with E-state index in [9.17, 15) is 4.79 Å². The molecule has 0 aliphatic carbocycles. The zero-order valence-electron chi connectivity index (χ0n) is 15.2. The average molecular weight is 358 g/mol. The lowest BCUT2D eigenvalue weighted by Crippen LogP contribution is -2.37. The molecule has 0 amide bonds. The Kier molecular flexibility index (Phi) is 4.78. The summed E-state index contributed by atoms with van der Waals surface area (Å²) >= 11 is 0. The minimum absolute atomic E-state index is 0.157. The fourth-order valence-corrected chi connectivity index (χ4v) is 3.67. The Hall–Kier alpha value is -2.91. The van der Waals surface area contributed by atoms with Crippen LogP contribution in [0.25, 0.3) is 0 Å². The van der Waals surface area contributed by atoms with Gasteiger partial charge in [-0.15, -0.1) is 0 Å². The van der Waals surface area contributed by atoms with Crippen molar-refractivity contribution < 1.29 is 14.3 Å². The standard InChI is InChI=1S/C24H22O3/c1-18-17-22(26-23(18)25)27-24(19-11-5-2-6-12-19,20-13-7-3-8-14-20)21-15-9-4-10-16-21/h2-16,18,22H,17H2,1H3/t18-,22-/m0/s1. The third kappa shape index (κ3) is 3.26. The fraction of sp³-hybridized carbons (Fsp3) is 0.208. The molecule has 1 fully saturated rings. The molecule has 2 atom stereocenters. The molecule has 0 aromatic heterocycles. The van der Waals surface area contributed by atoms with E-state index >= 15 is 0 Å². The van der Waals surface area contributed by atoms with Gasteiger partial charge in [-0.25, -0.2) is 0 Å². The lowest BCUT2D eigenvalue weighted by atomic mass is 9.80. The van der Waals surface area contributed by atoms with Crippen LogP contribution in [0.4, 0.5) is 0 Å². The highest BCUT2D eigenvalue weighted by Crippen LogP contribution is 2.43. The van der Waals surface area contributed by atoms with Gasteiger partial charge in [0.2, 0.25) is 6.29 Å². The molecule has 3 aromatic carbocycles. The van der Waals surface area contributed by atoms with Crippen LogP contribution < -0.4 is 0 Å². The maximum absolute atomic E-state index is 12.0. The first kappa shape index (κ1) is 17.5. The number of cyclic esters (lactones) is 1. The number of carbonyl (C=O) groups excluding carboxylic acids is 1. The molecule has 3 heteroatoms. The summed E-state index contributed by atoms with van der Waals surface area (Å²) in [5.74, 6) is -0.363. The molecular weight excluding hydrogens is 336 g/mol. The second kappa shape index (κ2) is 7.37. The van der Waals surface area contributed by atoms with Crippen LogP contribution in [0.3, 0.4) is 0 Å². The van der Waals surface area contributed by atoms with Crippen LogP contribution in [-0.2, 0) is 19.9 Å². The number of esters is 1. The summed E-state index contributed by atoms with van der Waals surface area (Å²) in [6, 6.07) is 30.3. The molecule has 0 unspecified atom stereocenters. The maximum atomic E-state index is 12.0. The normalized spacial score (nSPS) is 19.7. The second-order valence-corrected chi connectivity index (χ2v) is 6.90. The van der Waals surface area contributed by atoms with Gasteiger partial charge in [0, 0.05) is 6.42 Å². The molecule has 27 heavy (non-hydrogen) atoms. The van der Waals surface area contributed by atoms with E-state index in [1.165, 1.54) is 0 Å². The summed E-state index contributed by atoms with van der Waals surface area (Å²) in [4.78, 5) is 12.0. The number of hydrogen-bond donors (Lipinski definition) is 0. The first-order valence-electron chi connectivity index (χ1n) is 9.25. The van der Waals surface area contributed by atoms with Crippen molar-refractivity contribution in [1.82, 2.24) is 0 Å². The molecule has 0 saturated carbocycles. The highest BCUT2D eigenvalue weighted by molar-refractivity contribution is 5.73. The zero-order chi connectivity index (χ0) is 18.7. The van der Waals surface area contributed by atoms with Gasteiger partial charge in [-0.05, 0) is 16.7 Å². The molecule has 0 spiro atoms. The zero-order valence-corrected chi connectivity index (χ0v) is 15.2. The quantitative estimate of drug-likeness (QED) is 0.480. The Balaban J connectivity index is 1.91. The lowest BCUT2D eigenvalue weighted by Gasteiger charge is -2.37. The molecule has 0 radical (unpaired) electrons. The minimum Gasteiger partial charge on any atom is -0.435 e. The Morgan fingerprint density at radius 3 is 1.52 bits per heavy atom. The van der Waals surface area contributed by atoms with Crippen LogP contribution in [0, 0.1) is 5.92 Å². The molecule has 1 aliphatic rings. The van der Waals surface area contributed by atoms with Gasteiger partial charge in [0.1, 0.15) is 5.60 Å². The Morgan fingerprint density at radius 1 is 0.778 bits per heavy atom. The molecule has 136 valence electrons. The predicted molar refractivity (Wildman–Crippen MR) is 104 cm³/mol. The van der Waals surface area contributed by atoms with Gasteiger partial charge in [-0.1, -0.05) is 97.9 Å². The third-order valence-electron chi connectivity index (χ3n) is 5.05. The largest absolute Gasteiger partial charge is 0.435 e. The molecule has 4 rings (SSSR count). The van der Waals surface area contributed by atoms with Crippen molar-refractivity contribution in [3.8, 4) is 0 Å². The molecule has 3 aromatic rings. The smallest absolute Gasteiger partial charge is 0.311 e. The van der Waals surface area contributed by atoms with E-state index in [2.05, 4.69) is 36.4 Å². The molecule has 1 aliphatic heterocycles. The van der Waals surface area contributed by atoms with Crippen molar-refractivity contribution >= 4 is 5.97 Å². The van der Waals surface area contributed by atoms with Crippen LogP contribution in [0.1, 0.15) is 30.0 Å². The van der Waals surface area contributed by atoms with Crippen LogP contribution in [0.15, 0.2) is 91.0 Å². The van der Waals surface area contributed by atoms with Gasteiger partial charge in [-0.3, -0.25) is 4.79 Å². The summed E-state index contributed by atoms with van der Waals surface area (Å²) in [6.07, 6.45) is -0.0410. The van der Waals surface area contributed by atoms with Crippen LogP contribution in [0.5, 0.6) is 0 Å². The highest BCUT2D eigenvalue weighted by Gasteiger charge is 2.43. The monoisotopic (exact) mass is 358 g/mol. The highest BCUT2D eigenvalue weighted by atomic mass is 16.7. The fourth-order valence-electron chi connectivity index (χ4n) is 3.67. The number of ether oxygens (including phenoxy) is 2. The van der Waals surface area contributed by atoms with Gasteiger partial charge in [0.05, 0.1) is 5.92 Å². The lowest BCUT2D eigenvalue weighted by molar-refractivity contribution is -0.182. The van der Waals surface area contributed by atoms with Crippen molar-refractivity contribution in [2.45, 2.75) is 25.2 Å². The maximum Gasteiger partial charge on any atom is 0.311 e. The van der Waals surface area contributed by atoms with Crippen molar-refractivity contribution in [2.75, 3.05) is 0 Å². The van der Waals surface area contributed by atoms with Crippen LogP contribution in [0.2, 0.25) is 0 Å². The molecule has 0 bridgehead atoms. The van der Waals surface area contributed by atoms with Crippen molar-refractivity contribution in [3.63, 3.8) is 0 Å². The van der Waals surface area contributed by atoms with E-state index in [4.69, 9.17) is 9.47 Å². The summed E-state index contributed by atoms with van der Waals surface area (Å²) in [5.41, 5.74) is 2.13. The van der Waals surface area contributed by atoms with Crippen molar-refractivity contribution in [2.24, 2.45) is 5.92 Å². The molecular formula is C24H22O3. The molecule has 3 nitrogen and oxygen atoms in total. The van der Waals surface area contributed by atoms with E-state index < -0.39 is 11.9 Å². The second-order valence-electron chi connectivity index (χ2n) is 6.90. The minimum atomic E-state index is -0.862. The Labute approximate surface area is 159 Å². The SMILES string of the molecule is C[C@H]1C[C@H](OC(c2ccccc2)(c2ccccc2)c2ccccc2)OC1=O. The van der Waals surface area contributed by atoms with E-state index in [0.29, 0.717) is 6.42 Å². The Bertz CT molecular complexity index is 794. The topological polar surface area (TPSA) is 35.5 Å². The summed E-state index contributed by atoms with van der Waals surface area (Å²) in [5, 5.41) is 0. The predicted octanol–water partition coefficient (Wildman–Crippen LogP) is 4.90. The summed E-state index contributed by atoms with van der Waals surface area (Å²) < 4.78 is 12.2. The molecule has 1 heterocycles. The molecule has 1 saturated heterocycles. The van der Waals surface area contributed by atoms with Gasteiger partial charge in [-0.2, -0.15) is 0 Å². The Morgan fingerprint density at radius 2 is 1.19 bits per heavy atom. The van der Waals surface area contributed by atoms with Gasteiger partial charge >= 0.3 is 5.97 Å². The van der Waals surface area contributed by atoms with Gasteiger partial charge < -0.3 is 9.47 Å². The van der Waals surface area contributed by atoms with Gasteiger partial charge in [0.15, 0.2) is 0 Å². The van der Waals surface area contributed by atoms with E-state index in [1.54, 1.807) is 0 Å². The first-order chi connectivity index (χ1) is 13.2. The number of hydrogen-bond acceptors (Lipinski definition) is 3. The number of benzene rings is 3. The van der Waals surface area contributed by atoms with Crippen molar-refractivity contribution in [3.05, 3.63) is 108 Å². The van der Waals surface area contributed by atoms with Crippen LogP contribution in [-0.4, -0.2) is 12.3 Å². The number of rotatable bonds is 5. The first-order valence-corrected chi connectivity index (χ1v) is 9.25. The average Bonchev–Trinajstić information content (AvgIpc) is 3.05. The summed E-state index contributed by atoms with van der Waals surface area (Å²) in [6.45, 7) is 1.88. The third-order valence-corrected chi connectivity index (χ3v) is 5.05.